The van der Waals surface area contributed by atoms with Gasteiger partial charge < -0.3 is 5.32 Å². The molecule has 3 aliphatic rings. The van der Waals surface area contributed by atoms with Crippen LogP contribution in [0.4, 0.5) is 0 Å². The maximum Gasteiger partial charge on any atom is 0.0264 e. The molecule has 3 rings (SSSR count). The van der Waals surface area contributed by atoms with E-state index in [4.69, 9.17) is 0 Å². The smallest absolute Gasteiger partial charge is 0.0264 e. The number of hydrogen-bond donors (Lipinski definition) is 1. The molecule has 3 unspecified atom stereocenters. The van der Waals surface area contributed by atoms with Gasteiger partial charge in [0, 0.05) is 18.6 Å². The highest BCUT2D eigenvalue weighted by Gasteiger charge is 2.44. The van der Waals surface area contributed by atoms with E-state index in [1.165, 1.54) is 38.9 Å². The molecular formula is C9H16N2. The van der Waals surface area contributed by atoms with E-state index in [1.54, 1.807) is 0 Å². The summed E-state index contributed by atoms with van der Waals surface area (Å²) in [5.41, 5.74) is 0. The largest absolute Gasteiger partial charge is 0.315 e. The normalized spacial score (nSPS) is 49.6. The highest BCUT2D eigenvalue weighted by molar-refractivity contribution is 5.01. The molecule has 2 heteroatoms. The van der Waals surface area contributed by atoms with Crippen LogP contribution in [0.15, 0.2) is 0 Å². The maximum atomic E-state index is 3.50. The molecule has 11 heavy (non-hydrogen) atoms. The fourth-order valence-corrected chi connectivity index (χ4v) is 3.24. The Balaban J connectivity index is 1.84. The van der Waals surface area contributed by atoms with E-state index < -0.39 is 0 Å². The molecular weight excluding hydrogens is 136 g/mol. The van der Waals surface area contributed by atoms with Crippen LogP contribution in [0.2, 0.25) is 0 Å². The van der Waals surface area contributed by atoms with Crippen LogP contribution in [0.3, 0.4) is 0 Å². The lowest BCUT2D eigenvalue weighted by molar-refractivity contribution is 0.246. The molecule has 3 saturated heterocycles. The Morgan fingerprint density at radius 2 is 2.27 bits per heavy atom. The summed E-state index contributed by atoms with van der Waals surface area (Å²) in [7, 11) is 0. The van der Waals surface area contributed by atoms with E-state index in [9.17, 15) is 0 Å². The molecule has 3 atom stereocenters. The van der Waals surface area contributed by atoms with Gasteiger partial charge in [0.1, 0.15) is 0 Å². The molecule has 3 aliphatic heterocycles. The quantitative estimate of drug-likeness (QED) is 0.542. The summed E-state index contributed by atoms with van der Waals surface area (Å²) in [6.07, 6.45) is 4.42. The zero-order valence-electron chi connectivity index (χ0n) is 6.92. The Kier molecular flexibility index (Phi) is 1.29. The van der Waals surface area contributed by atoms with E-state index in [-0.39, 0.29) is 0 Å². The van der Waals surface area contributed by atoms with Crippen molar-refractivity contribution in [1.29, 1.82) is 0 Å². The lowest BCUT2D eigenvalue weighted by atomic mass is 10.0. The van der Waals surface area contributed by atoms with E-state index in [2.05, 4.69) is 10.2 Å². The van der Waals surface area contributed by atoms with Gasteiger partial charge in [0.15, 0.2) is 0 Å². The zero-order chi connectivity index (χ0) is 7.26. The minimum atomic E-state index is 0.919. The SMILES string of the molecule is C1CC2CC3CNCC3N2C1. The molecule has 0 radical (unpaired) electrons. The van der Waals surface area contributed by atoms with Gasteiger partial charge in [-0.1, -0.05) is 0 Å². The molecule has 0 spiro atoms. The summed E-state index contributed by atoms with van der Waals surface area (Å²) < 4.78 is 0. The van der Waals surface area contributed by atoms with Crippen LogP contribution in [0.1, 0.15) is 19.3 Å². The van der Waals surface area contributed by atoms with Gasteiger partial charge in [0.05, 0.1) is 0 Å². The van der Waals surface area contributed by atoms with Crippen molar-refractivity contribution in [1.82, 2.24) is 10.2 Å². The number of rotatable bonds is 0. The average Bonchev–Trinajstić information content (AvgIpc) is 2.52. The fourth-order valence-electron chi connectivity index (χ4n) is 3.24. The van der Waals surface area contributed by atoms with Crippen molar-refractivity contribution in [3.8, 4) is 0 Å². The van der Waals surface area contributed by atoms with Crippen LogP contribution in [0.5, 0.6) is 0 Å². The van der Waals surface area contributed by atoms with E-state index >= 15 is 0 Å². The van der Waals surface area contributed by atoms with Gasteiger partial charge in [-0.25, -0.2) is 0 Å². The molecule has 2 nitrogen and oxygen atoms in total. The third-order valence-electron chi connectivity index (χ3n) is 3.73. The lowest BCUT2D eigenvalue weighted by Crippen LogP contribution is -2.35. The van der Waals surface area contributed by atoms with Gasteiger partial charge in [-0.15, -0.1) is 0 Å². The van der Waals surface area contributed by atoms with Gasteiger partial charge in [-0.3, -0.25) is 4.90 Å². The summed E-state index contributed by atoms with van der Waals surface area (Å²) >= 11 is 0. The van der Waals surface area contributed by atoms with Gasteiger partial charge in [-0.05, 0) is 38.3 Å². The molecule has 3 fully saturated rings. The zero-order valence-corrected chi connectivity index (χ0v) is 6.92. The molecule has 0 bridgehead atoms. The summed E-state index contributed by atoms with van der Waals surface area (Å²) in [6.45, 7) is 3.94. The Hall–Kier alpha value is -0.0800. The molecule has 0 aromatic carbocycles. The summed E-state index contributed by atoms with van der Waals surface area (Å²) in [6, 6.07) is 1.90. The topological polar surface area (TPSA) is 15.3 Å². The highest BCUT2D eigenvalue weighted by Crippen LogP contribution is 2.37. The molecule has 0 aromatic rings. The first-order valence-electron chi connectivity index (χ1n) is 4.91. The van der Waals surface area contributed by atoms with E-state index in [1.807, 2.05) is 0 Å². The van der Waals surface area contributed by atoms with Crippen LogP contribution in [0.25, 0.3) is 0 Å². The van der Waals surface area contributed by atoms with Crippen LogP contribution in [0, 0.1) is 5.92 Å². The summed E-state index contributed by atoms with van der Waals surface area (Å²) in [4.78, 5) is 2.75. The van der Waals surface area contributed by atoms with Gasteiger partial charge in [0.2, 0.25) is 0 Å². The van der Waals surface area contributed by atoms with Gasteiger partial charge >= 0.3 is 0 Å². The Morgan fingerprint density at radius 3 is 3.27 bits per heavy atom. The summed E-state index contributed by atoms with van der Waals surface area (Å²) in [5, 5.41) is 3.50. The predicted octanol–water partition coefficient (Wildman–Crippen LogP) is 0.442. The van der Waals surface area contributed by atoms with Crippen molar-refractivity contribution in [2.24, 2.45) is 5.92 Å². The lowest BCUT2D eigenvalue weighted by Gasteiger charge is -2.21. The van der Waals surface area contributed by atoms with Crippen LogP contribution >= 0.6 is 0 Å². The molecule has 0 aliphatic carbocycles. The van der Waals surface area contributed by atoms with Crippen molar-refractivity contribution in [2.45, 2.75) is 31.3 Å². The summed E-state index contributed by atoms with van der Waals surface area (Å²) in [5.74, 6) is 1.00. The van der Waals surface area contributed by atoms with Crippen molar-refractivity contribution in [2.75, 3.05) is 19.6 Å². The highest BCUT2D eigenvalue weighted by atomic mass is 15.3. The Labute approximate surface area is 68.0 Å². The van der Waals surface area contributed by atoms with Crippen molar-refractivity contribution < 1.29 is 0 Å². The van der Waals surface area contributed by atoms with Crippen molar-refractivity contribution in [3.05, 3.63) is 0 Å². The molecule has 3 heterocycles. The third kappa shape index (κ3) is 0.798. The van der Waals surface area contributed by atoms with Crippen molar-refractivity contribution in [3.63, 3.8) is 0 Å². The Morgan fingerprint density at radius 1 is 1.27 bits per heavy atom. The molecule has 0 saturated carbocycles. The van der Waals surface area contributed by atoms with E-state index in [0.29, 0.717) is 0 Å². The van der Waals surface area contributed by atoms with Crippen molar-refractivity contribution >= 4 is 0 Å². The standard InChI is InChI=1S/C9H16N2/c1-2-8-4-7-5-10-6-9(7)11(8)3-1/h7-10H,1-6H2. The van der Waals surface area contributed by atoms with E-state index in [0.717, 1.165) is 18.0 Å². The fraction of sp³-hybridized carbons (Fsp3) is 1.00. The maximum absolute atomic E-state index is 3.50. The Bertz CT molecular complexity index is 151. The molecule has 0 aromatic heterocycles. The average molecular weight is 152 g/mol. The second kappa shape index (κ2) is 2.20. The minimum Gasteiger partial charge on any atom is -0.315 e. The monoisotopic (exact) mass is 152 g/mol. The van der Waals surface area contributed by atoms with Crippen LogP contribution < -0.4 is 5.32 Å². The van der Waals surface area contributed by atoms with Gasteiger partial charge in [0.25, 0.3) is 0 Å². The number of nitrogens with one attached hydrogen (secondary N) is 1. The second-order valence-electron chi connectivity index (χ2n) is 4.26. The number of hydrogen-bond acceptors (Lipinski definition) is 2. The molecule has 1 N–H and O–H groups in total. The van der Waals surface area contributed by atoms with Gasteiger partial charge in [-0.2, -0.15) is 0 Å². The third-order valence-corrected chi connectivity index (χ3v) is 3.73. The number of nitrogens with zero attached hydrogens (tertiary/aromatic N) is 1. The first-order chi connectivity index (χ1) is 5.45. The number of fused-ring (bicyclic) bond motifs is 3. The van der Waals surface area contributed by atoms with Crippen LogP contribution in [-0.4, -0.2) is 36.6 Å². The molecule has 0 amide bonds. The second-order valence-corrected chi connectivity index (χ2v) is 4.26. The first kappa shape index (κ1) is 6.44. The van der Waals surface area contributed by atoms with Crippen LogP contribution in [-0.2, 0) is 0 Å². The molecule has 62 valence electrons. The minimum absolute atomic E-state index is 0.919. The first-order valence-corrected chi connectivity index (χ1v) is 4.91. The predicted molar refractivity (Wildman–Crippen MR) is 44.5 cm³/mol.